The summed E-state index contributed by atoms with van der Waals surface area (Å²) in [4.78, 5) is 14.1. The lowest BCUT2D eigenvalue weighted by Crippen LogP contribution is -2.08. The van der Waals surface area contributed by atoms with Gasteiger partial charge in [0.05, 0.1) is 10.6 Å². The van der Waals surface area contributed by atoms with E-state index in [0.29, 0.717) is 16.3 Å². The molecule has 2 nitrogen and oxygen atoms in total. The summed E-state index contributed by atoms with van der Waals surface area (Å²) in [5, 5.41) is 0.436. The molecular formula is C19H13ClO2S. The molecule has 3 aromatic rings. The molecule has 114 valence electrons. The number of hydrogen-bond acceptors (Lipinski definition) is 3. The van der Waals surface area contributed by atoms with Gasteiger partial charge < -0.3 is 4.74 Å². The second kappa shape index (κ2) is 7.36. The topological polar surface area (TPSA) is 26.3 Å². The van der Waals surface area contributed by atoms with E-state index in [2.05, 4.69) is 0 Å². The van der Waals surface area contributed by atoms with Gasteiger partial charge in [-0.25, -0.2) is 4.79 Å². The fourth-order valence-electron chi connectivity index (χ4n) is 2.00. The van der Waals surface area contributed by atoms with Crippen LogP contribution in [0.15, 0.2) is 88.7 Å². The highest BCUT2D eigenvalue weighted by Gasteiger charge is 2.13. The smallest absolute Gasteiger partial charge is 0.343 e. The standard InChI is InChI=1S/C19H13ClO2S/c20-18-16(22-19(21)14-8-3-1-4-9-14)12-7-13-17(18)23-15-10-5-2-6-11-15/h1-13H. The van der Waals surface area contributed by atoms with Crippen molar-refractivity contribution in [2.75, 3.05) is 0 Å². The van der Waals surface area contributed by atoms with Crippen molar-refractivity contribution in [1.82, 2.24) is 0 Å². The molecule has 0 atom stereocenters. The molecule has 0 aliphatic carbocycles. The number of carbonyl (C=O) groups excluding carboxylic acids is 1. The normalized spacial score (nSPS) is 10.3. The lowest BCUT2D eigenvalue weighted by molar-refractivity contribution is 0.0734. The number of rotatable bonds is 4. The Balaban J connectivity index is 1.81. The summed E-state index contributed by atoms with van der Waals surface area (Å²) in [5.74, 6) is -0.0594. The Hall–Kier alpha value is -2.23. The lowest BCUT2D eigenvalue weighted by atomic mass is 10.2. The average molecular weight is 341 g/mol. The van der Waals surface area contributed by atoms with Gasteiger partial charge >= 0.3 is 5.97 Å². The number of benzene rings is 3. The van der Waals surface area contributed by atoms with Gasteiger partial charge in [-0.1, -0.05) is 65.8 Å². The third-order valence-corrected chi connectivity index (χ3v) is 4.68. The molecule has 0 bridgehead atoms. The molecule has 0 aromatic heterocycles. The van der Waals surface area contributed by atoms with Crippen molar-refractivity contribution < 1.29 is 9.53 Å². The maximum atomic E-state index is 12.1. The second-order valence-electron chi connectivity index (χ2n) is 4.74. The van der Waals surface area contributed by atoms with Crippen LogP contribution in [-0.2, 0) is 0 Å². The van der Waals surface area contributed by atoms with Crippen LogP contribution in [0.1, 0.15) is 10.4 Å². The van der Waals surface area contributed by atoms with Gasteiger partial charge in [0.25, 0.3) is 0 Å². The number of carbonyl (C=O) groups is 1. The predicted molar refractivity (Wildman–Crippen MR) is 93.4 cm³/mol. The number of hydrogen-bond donors (Lipinski definition) is 0. The van der Waals surface area contributed by atoms with E-state index in [9.17, 15) is 4.79 Å². The highest BCUT2D eigenvalue weighted by atomic mass is 35.5. The van der Waals surface area contributed by atoms with Crippen molar-refractivity contribution in [2.45, 2.75) is 9.79 Å². The van der Waals surface area contributed by atoms with E-state index >= 15 is 0 Å². The minimum Gasteiger partial charge on any atom is -0.421 e. The van der Waals surface area contributed by atoms with Crippen molar-refractivity contribution in [3.8, 4) is 5.75 Å². The Kier molecular flexibility index (Phi) is 5.01. The van der Waals surface area contributed by atoms with Crippen molar-refractivity contribution in [3.05, 3.63) is 89.4 Å². The maximum Gasteiger partial charge on any atom is 0.343 e. The van der Waals surface area contributed by atoms with Crippen LogP contribution in [0, 0.1) is 0 Å². The van der Waals surface area contributed by atoms with Crippen LogP contribution in [0.3, 0.4) is 0 Å². The van der Waals surface area contributed by atoms with Crippen LogP contribution in [0.2, 0.25) is 5.02 Å². The van der Waals surface area contributed by atoms with E-state index < -0.39 is 5.97 Å². The third-order valence-electron chi connectivity index (χ3n) is 3.11. The molecule has 0 fully saturated rings. The Morgan fingerprint density at radius 3 is 2.17 bits per heavy atom. The minimum atomic E-state index is -0.422. The molecule has 4 heteroatoms. The van der Waals surface area contributed by atoms with Crippen molar-refractivity contribution in [1.29, 1.82) is 0 Å². The molecule has 3 rings (SSSR count). The zero-order valence-electron chi connectivity index (χ0n) is 12.1. The Labute approximate surface area is 144 Å². The molecule has 0 radical (unpaired) electrons. The SMILES string of the molecule is O=C(Oc1cccc(Sc2ccccc2)c1Cl)c1ccccc1. The zero-order valence-corrected chi connectivity index (χ0v) is 13.7. The van der Waals surface area contributed by atoms with E-state index in [-0.39, 0.29) is 0 Å². The summed E-state index contributed by atoms with van der Waals surface area (Å²) >= 11 is 7.92. The van der Waals surface area contributed by atoms with Crippen LogP contribution in [0.5, 0.6) is 5.75 Å². The summed E-state index contributed by atoms with van der Waals surface area (Å²) in [6.45, 7) is 0. The summed E-state index contributed by atoms with van der Waals surface area (Å²) < 4.78 is 5.43. The molecule has 0 saturated carbocycles. The first kappa shape index (κ1) is 15.7. The summed E-state index contributed by atoms with van der Waals surface area (Å²) in [7, 11) is 0. The van der Waals surface area contributed by atoms with Gasteiger partial charge in [0.15, 0.2) is 5.75 Å². The van der Waals surface area contributed by atoms with Crippen LogP contribution in [-0.4, -0.2) is 5.97 Å². The van der Waals surface area contributed by atoms with Crippen molar-refractivity contribution in [3.63, 3.8) is 0 Å². The molecule has 0 aliphatic rings. The quantitative estimate of drug-likeness (QED) is 0.449. The zero-order chi connectivity index (χ0) is 16.1. The Bertz CT molecular complexity index is 804. The number of ether oxygens (including phenoxy) is 1. The van der Waals surface area contributed by atoms with Gasteiger partial charge in [-0.3, -0.25) is 0 Å². The molecule has 0 aliphatic heterocycles. The first-order valence-electron chi connectivity index (χ1n) is 7.02. The van der Waals surface area contributed by atoms with Gasteiger partial charge in [0, 0.05) is 9.79 Å². The molecule has 0 unspecified atom stereocenters. The molecule has 23 heavy (non-hydrogen) atoms. The maximum absolute atomic E-state index is 12.1. The van der Waals surface area contributed by atoms with E-state index in [1.165, 1.54) is 11.8 Å². The summed E-state index contributed by atoms with van der Waals surface area (Å²) in [6.07, 6.45) is 0. The molecule has 0 N–H and O–H groups in total. The molecule has 0 spiro atoms. The Morgan fingerprint density at radius 1 is 0.826 bits per heavy atom. The molecule has 0 saturated heterocycles. The van der Waals surface area contributed by atoms with Crippen LogP contribution < -0.4 is 4.74 Å². The first-order valence-corrected chi connectivity index (χ1v) is 8.22. The largest absolute Gasteiger partial charge is 0.421 e. The minimum absolute atomic E-state index is 0.362. The lowest BCUT2D eigenvalue weighted by Gasteiger charge is -2.10. The van der Waals surface area contributed by atoms with Gasteiger partial charge in [-0.15, -0.1) is 0 Å². The molecule has 0 heterocycles. The molecule has 0 amide bonds. The van der Waals surface area contributed by atoms with Gasteiger partial charge in [-0.05, 0) is 36.4 Å². The fourth-order valence-corrected chi connectivity index (χ4v) is 3.16. The average Bonchev–Trinajstić information content (AvgIpc) is 2.60. The van der Waals surface area contributed by atoms with E-state index in [4.69, 9.17) is 16.3 Å². The van der Waals surface area contributed by atoms with Gasteiger partial charge in [0.1, 0.15) is 0 Å². The fraction of sp³-hybridized carbons (Fsp3) is 0. The monoisotopic (exact) mass is 340 g/mol. The highest BCUT2D eigenvalue weighted by molar-refractivity contribution is 7.99. The van der Waals surface area contributed by atoms with Gasteiger partial charge in [0.2, 0.25) is 0 Å². The Morgan fingerprint density at radius 2 is 1.48 bits per heavy atom. The van der Waals surface area contributed by atoms with Crippen LogP contribution in [0.25, 0.3) is 0 Å². The number of esters is 1. The highest BCUT2D eigenvalue weighted by Crippen LogP contribution is 2.38. The molecule has 3 aromatic carbocycles. The molecular weight excluding hydrogens is 328 g/mol. The summed E-state index contributed by atoms with van der Waals surface area (Å²) in [5.41, 5.74) is 0.490. The van der Waals surface area contributed by atoms with E-state index in [1.807, 2.05) is 48.5 Å². The number of halogens is 1. The van der Waals surface area contributed by atoms with E-state index in [0.717, 1.165) is 9.79 Å². The van der Waals surface area contributed by atoms with Gasteiger partial charge in [-0.2, -0.15) is 0 Å². The van der Waals surface area contributed by atoms with Crippen molar-refractivity contribution in [2.24, 2.45) is 0 Å². The predicted octanol–water partition coefficient (Wildman–Crippen LogP) is 5.71. The van der Waals surface area contributed by atoms with E-state index in [1.54, 1.807) is 30.3 Å². The van der Waals surface area contributed by atoms with Crippen molar-refractivity contribution >= 4 is 29.3 Å². The van der Waals surface area contributed by atoms with Crippen LogP contribution in [0.4, 0.5) is 0 Å². The second-order valence-corrected chi connectivity index (χ2v) is 6.23. The summed E-state index contributed by atoms with van der Waals surface area (Å²) in [6, 6.07) is 24.2. The first-order chi connectivity index (χ1) is 11.2. The third kappa shape index (κ3) is 3.95. The van der Waals surface area contributed by atoms with Crippen LogP contribution >= 0.6 is 23.4 Å².